The highest BCUT2D eigenvalue weighted by molar-refractivity contribution is 6.31. The second kappa shape index (κ2) is 5.33. The Hall–Kier alpha value is -1.36. The summed E-state index contributed by atoms with van der Waals surface area (Å²) in [5.41, 5.74) is 1.80. The summed E-state index contributed by atoms with van der Waals surface area (Å²) in [7, 11) is 0. The average molecular weight is 279 g/mol. The van der Waals surface area contributed by atoms with Crippen LogP contribution in [0, 0.1) is 0 Å². The molecule has 1 aliphatic heterocycles. The van der Waals surface area contributed by atoms with E-state index in [0.717, 1.165) is 49.3 Å². The molecular weight excluding hydrogens is 264 g/mol. The third kappa shape index (κ3) is 2.81. The summed E-state index contributed by atoms with van der Waals surface area (Å²) in [4.78, 5) is 6.43. The summed E-state index contributed by atoms with van der Waals surface area (Å²) in [5, 5.41) is 11.4. The van der Waals surface area contributed by atoms with Gasteiger partial charge in [-0.25, -0.2) is 4.98 Å². The molecule has 0 bridgehead atoms. The van der Waals surface area contributed by atoms with Crippen LogP contribution in [0.15, 0.2) is 24.3 Å². The maximum Gasteiger partial charge on any atom is 0.211 e. The molecule has 2 heterocycles. The molecule has 1 aliphatic rings. The lowest BCUT2D eigenvalue weighted by molar-refractivity contribution is 0.0343. The second-order valence-corrected chi connectivity index (χ2v) is 5.13. The van der Waals surface area contributed by atoms with E-state index in [4.69, 9.17) is 16.3 Å². The molecule has 0 atom stereocenters. The molecule has 1 N–H and O–H groups in total. The van der Waals surface area contributed by atoms with Gasteiger partial charge < -0.3 is 9.84 Å². The minimum Gasteiger partial charge on any atom is -0.493 e. The van der Waals surface area contributed by atoms with Gasteiger partial charge in [0, 0.05) is 36.1 Å². The van der Waals surface area contributed by atoms with E-state index < -0.39 is 0 Å². The number of pyridine rings is 1. The average Bonchev–Trinajstić information content (AvgIpc) is 2.39. The van der Waals surface area contributed by atoms with E-state index in [1.807, 2.05) is 12.1 Å². The molecule has 1 aromatic carbocycles. The zero-order valence-electron chi connectivity index (χ0n) is 10.5. The fraction of sp³-hybridized carbons (Fsp3) is 0.357. The van der Waals surface area contributed by atoms with Crippen LogP contribution in [0.2, 0.25) is 5.02 Å². The van der Waals surface area contributed by atoms with Gasteiger partial charge in [-0.05, 0) is 17.7 Å². The van der Waals surface area contributed by atoms with Gasteiger partial charge in [-0.1, -0.05) is 17.7 Å². The number of nitrogens with zero attached hydrogens (tertiary/aromatic N) is 2. The Morgan fingerprint density at radius 2 is 2.05 bits per heavy atom. The van der Waals surface area contributed by atoms with Crippen molar-refractivity contribution in [3.05, 3.63) is 34.9 Å². The van der Waals surface area contributed by atoms with Crippen molar-refractivity contribution >= 4 is 22.5 Å². The van der Waals surface area contributed by atoms with Crippen molar-refractivity contribution in [1.82, 2.24) is 9.88 Å². The van der Waals surface area contributed by atoms with Crippen LogP contribution in [-0.2, 0) is 11.3 Å². The largest absolute Gasteiger partial charge is 0.493 e. The van der Waals surface area contributed by atoms with Gasteiger partial charge in [-0.3, -0.25) is 4.90 Å². The molecule has 1 saturated heterocycles. The summed E-state index contributed by atoms with van der Waals surface area (Å²) in [5.74, 6) is 0.0398. The Kier molecular flexibility index (Phi) is 3.55. The second-order valence-electron chi connectivity index (χ2n) is 4.69. The number of hydrogen-bond acceptors (Lipinski definition) is 4. The summed E-state index contributed by atoms with van der Waals surface area (Å²) in [6, 6.07) is 7.32. The van der Waals surface area contributed by atoms with Crippen LogP contribution in [0.3, 0.4) is 0 Å². The Morgan fingerprint density at radius 1 is 1.26 bits per heavy atom. The lowest BCUT2D eigenvalue weighted by Crippen LogP contribution is -2.35. The van der Waals surface area contributed by atoms with Gasteiger partial charge in [0.1, 0.15) is 0 Å². The number of aromatic nitrogens is 1. The first-order valence-corrected chi connectivity index (χ1v) is 6.68. The smallest absolute Gasteiger partial charge is 0.211 e. The molecule has 5 heteroatoms. The van der Waals surface area contributed by atoms with Gasteiger partial charge in [0.05, 0.1) is 18.7 Å². The van der Waals surface area contributed by atoms with Crippen molar-refractivity contribution in [3.63, 3.8) is 0 Å². The fourth-order valence-electron chi connectivity index (χ4n) is 2.39. The number of morpholine rings is 1. The first-order valence-electron chi connectivity index (χ1n) is 6.30. The van der Waals surface area contributed by atoms with E-state index in [1.54, 1.807) is 12.1 Å². The predicted octanol–water partition coefficient (Wildman–Crippen LogP) is 2.43. The molecule has 3 rings (SSSR count). The molecule has 2 aromatic rings. The monoisotopic (exact) mass is 278 g/mol. The highest BCUT2D eigenvalue weighted by Crippen LogP contribution is 2.25. The van der Waals surface area contributed by atoms with E-state index in [2.05, 4.69) is 9.88 Å². The zero-order chi connectivity index (χ0) is 13.2. The molecule has 0 spiro atoms. The van der Waals surface area contributed by atoms with E-state index in [0.29, 0.717) is 5.02 Å². The Morgan fingerprint density at radius 3 is 2.84 bits per heavy atom. The van der Waals surface area contributed by atoms with Gasteiger partial charge in [0.15, 0.2) is 0 Å². The molecule has 0 saturated carbocycles. The van der Waals surface area contributed by atoms with Crippen LogP contribution in [0.4, 0.5) is 0 Å². The highest BCUT2D eigenvalue weighted by atomic mass is 35.5. The summed E-state index contributed by atoms with van der Waals surface area (Å²) < 4.78 is 5.34. The minimum absolute atomic E-state index is 0.0398. The Labute approximate surface area is 116 Å². The molecule has 19 heavy (non-hydrogen) atoms. The SMILES string of the molecule is Oc1cc(CN2CCOCC2)c2ccc(Cl)cc2n1. The number of benzene rings is 1. The number of aromatic hydroxyl groups is 1. The lowest BCUT2D eigenvalue weighted by Gasteiger charge is -2.27. The van der Waals surface area contributed by atoms with Crippen molar-refractivity contribution in [2.75, 3.05) is 26.3 Å². The molecule has 0 aliphatic carbocycles. The van der Waals surface area contributed by atoms with Gasteiger partial charge in [0.25, 0.3) is 0 Å². The summed E-state index contributed by atoms with van der Waals surface area (Å²) in [6.45, 7) is 4.15. The van der Waals surface area contributed by atoms with Crippen LogP contribution < -0.4 is 0 Å². The molecule has 1 aromatic heterocycles. The maximum absolute atomic E-state index is 9.73. The van der Waals surface area contributed by atoms with E-state index in [1.165, 1.54) is 0 Å². The molecule has 1 fully saturated rings. The Balaban J connectivity index is 1.97. The van der Waals surface area contributed by atoms with E-state index >= 15 is 0 Å². The third-order valence-corrected chi connectivity index (χ3v) is 3.58. The van der Waals surface area contributed by atoms with Crippen molar-refractivity contribution in [2.24, 2.45) is 0 Å². The zero-order valence-corrected chi connectivity index (χ0v) is 11.2. The third-order valence-electron chi connectivity index (χ3n) is 3.34. The Bertz CT molecular complexity index is 592. The van der Waals surface area contributed by atoms with Gasteiger partial charge in [-0.15, -0.1) is 0 Å². The first kappa shape index (κ1) is 12.7. The first-order chi connectivity index (χ1) is 9.22. The van der Waals surface area contributed by atoms with Gasteiger partial charge in [0.2, 0.25) is 5.88 Å². The van der Waals surface area contributed by atoms with E-state index in [9.17, 15) is 5.11 Å². The van der Waals surface area contributed by atoms with Crippen molar-refractivity contribution in [2.45, 2.75) is 6.54 Å². The summed E-state index contributed by atoms with van der Waals surface area (Å²) >= 11 is 5.97. The van der Waals surface area contributed by atoms with Crippen LogP contribution in [0.1, 0.15) is 5.56 Å². The fourth-order valence-corrected chi connectivity index (χ4v) is 2.56. The number of rotatable bonds is 2. The number of halogens is 1. The van der Waals surface area contributed by atoms with Crippen LogP contribution in [0.25, 0.3) is 10.9 Å². The van der Waals surface area contributed by atoms with Crippen molar-refractivity contribution in [3.8, 4) is 5.88 Å². The van der Waals surface area contributed by atoms with Crippen LogP contribution in [0.5, 0.6) is 5.88 Å². The topological polar surface area (TPSA) is 45.6 Å². The molecule has 0 unspecified atom stereocenters. The molecule has 100 valence electrons. The van der Waals surface area contributed by atoms with Crippen molar-refractivity contribution in [1.29, 1.82) is 0 Å². The molecular formula is C14H15ClN2O2. The van der Waals surface area contributed by atoms with Crippen LogP contribution in [-0.4, -0.2) is 41.3 Å². The van der Waals surface area contributed by atoms with Crippen molar-refractivity contribution < 1.29 is 9.84 Å². The summed E-state index contributed by atoms with van der Waals surface area (Å²) in [6.07, 6.45) is 0. The lowest BCUT2D eigenvalue weighted by atomic mass is 10.1. The number of hydrogen-bond donors (Lipinski definition) is 1. The predicted molar refractivity (Wildman–Crippen MR) is 74.5 cm³/mol. The quantitative estimate of drug-likeness (QED) is 0.916. The van der Waals surface area contributed by atoms with Crippen LogP contribution >= 0.6 is 11.6 Å². The van der Waals surface area contributed by atoms with Gasteiger partial charge >= 0.3 is 0 Å². The normalized spacial score (nSPS) is 16.9. The molecule has 0 amide bonds. The number of fused-ring (bicyclic) bond motifs is 1. The van der Waals surface area contributed by atoms with E-state index in [-0.39, 0.29) is 5.88 Å². The maximum atomic E-state index is 9.73. The van der Waals surface area contributed by atoms with Gasteiger partial charge in [-0.2, -0.15) is 0 Å². The molecule has 4 nitrogen and oxygen atoms in total. The highest BCUT2D eigenvalue weighted by Gasteiger charge is 2.13. The number of ether oxygens (including phenoxy) is 1. The standard InChI is InChI=1S/C14H15ClN2O2/c15-11-1-2-12-10(7-14(18)16-13(12)8-11)9-17-3-5-19-6-4-17/h1-2,7-8H,3-6,9H2,(H,16,18). The minimum atomic E-state index is 0.0398. The molecule has 0 radical (unpaired) electrons.